The van der Waals surface area contributed by atoms with Crippen molar-refractivity contribution in [2.45, 2.75) is 25.8 Å². The van der Waals surface area contributed by atoms with E-state index < -0.39 is 5.97 Å². The molecule has 0 radical (unpaired) electrons. The number of rotatable bonds is 3. The van der Waals surface area contributed by atoms with Crippen LogP contribution >= 0.6 is 11.6 Å². The van der Waals surface area contributed by atoms with E-state index in [0.29, 0.717) is 13.0 Å². The largest absolute Gasteiger partial charge is 0.481 e. The standard InChI is InChI=1S/C15H15ClN2O2/c16-12-3-1-2-10(6-12)7-13-9-18-8-11(15(19)20)4-5-14(18)17-13/h1-3,6,9,11H,4-5,7-8H2,(H,19,20). The molecule has 1 atom stereocenters. The van der Waals surface area contributed by atoms with Gasteiger partial charge in [0.25, 0.3) is 0 Å². The Morgan fingerprint density at radius 1 is 1.50 bits per heavy atom. The van der Waals surface area contributed by atoms with E-state index in [1.54, 1.807) is 0 Å². The Bertz CT molecular complexity index is 651. The van der Waals surface area contributed by atoms with Crippen LogP contribution in [-0.4, -0.2) is 20.6 Å². The van der Waals surface area contributed by atoms with Gasteiger partial charge in [-0.2, -0.15) is 0 Å². The molecule has 20 heavy (non-hydrogen) atoms. The van der Waals surface area contributed by atoms with E-state index >= 15 is 0 Å². The summed E-state index contributed by atoms with van der Waals surface area (Å²) < 4.78 is 1.97. The number of carboxylic acid groups (broad SMARTS) is 1. The summed E-state index contributed by atoms with van der Waals surface area (Å²) >= 11 is 5.98. The van der Waals surface area contributed by atoms with Gasteiger partial charge in [-0.1, -0.05) is 23.7 Å². The third-order valence-corrected chi connectivity index (χ3v) is 3.90. The van der Waals surface area contributed by atoms with E-state index in [4.69, 9.17) is 16.7 Å². The number of aliphatic carboxylic acids is 1. The van der Waals surface area contributed by atoms with Crippen LogP contribution in [0.15, 0.2) is 30.5 Å². The molecule has 3 rings (SSSR count). The van der Waals surface area contributed by atoms with Crippen molar-refractivity contribution in [2.75, 3.05) is 0 Å². The molecule has 0 aliphatic carbocycles. The highest BCUT2D eigenvalue weighted by molar-refractivity contribution is 6.30. The molecule has 0 amide bonds. The Hall–Kier alpha value is -1.81. The predicted octanol–water partition coefficient (Wildman–Crippen LogP) is 2.77. The molecular weight excluding hydrogens is 276 g/mol. The zero-order chi connectivity index (χ0) is 14.1. The molecular formula is C15H15ClN2O2. The fourth-order valence-electron chi connectivity index (χ4n) is 2.65. The van der Waals surface area contributed by atoms with Crippen LogP contribution in [0.3, 0.4) is 0 Å². The molecule has 1 aliphatic heterocycles. The normalized spacial score (nSPS) is 17.8. The SMILES string of the molecule is O=C(O)C1CCc2nc(Cc3cccc(Cl)c3)cn2C1. The topological polar surface area (TPSA) is 55.1 Å². The molecule has 0 saturated heterocycles. The van der Waals surface area contributed by atoms with Crippen molar-refractivity contribution in [3.8, 4) is 0 Å². The van der Waals surface area contributed by atoms with Gasteiger partial charge in [-0.15, -0.1) is 0 Å². The van der Waals surface area contributed by atoms with E-state index in [9.17, 15) is 4.79 Å². The number of nitrogens with zero attached hydrogens (tertiary/aromatic N) is 2. The van der Waals surface area contributed by atoms with Crippen molar-refractivity contribution >= 4 is 17.6 Å². The lowest BCUT2D eigenvalue weighted by molar-refractivity contribution is -0.142. The third-order valence-electron chi connectivity index (χ3n) is 3.67. The highest BCUT2D eigenvalue weighted by Gasteiger charge is 2.25. The summed E-state index contributed by atoms with van der Waals surface area (Å²) in [5.41, 5.74) is 2.08. The van der Waals surface area contributed by atoms with Gasteiger partial charge in [-0.05, 0) is 24.1 Å². The fraction of sp³-hybridized carbons (Fsp3) is 0.333. The Labute approximate surface area is 122 Å². The van der Waals surface area contributed by atoms with Crippen molar-refractivity contribution < 1.29 is 9.90 Å². The number of aryl methyl sites for hydroxylation is 1. The summed E-state index contributed by atoms with van der Waals surface area (Å²) in [4.78, 5) is 15.6. The molecule has 5 heteroatoms. The summed E-state index contributed by atoms with van der Waals surface area (Å²) in [6.07, 6.45) is 4.08. The van der Waals surface area contributed by atoms with Crippen LogP contribution in [0, 0.1) is 5.92 Å². The number of benzene rings is 1. The third kappa shape index (κ3) is 2.70. The fourth-order valence-corrected chi connectivity index (χ4v) is 2.86. The van der Waals surface area contributed by atoms with Crippen molar-refractivity contribution in [1.29, 1.82) is 0 Å². The van der Waals surface area contributed by atoms with E-state index in [1.165, 1.54) is 0 Å². The second-order valence-electron chi connectivity index (χ2n) is 5.18. The molecule has 1 unspecified atom stereocenters. The summed E-state index contributed by atoms with van der Waals surface area (Å²) in [7, 11) is 0. The van der Waals surface area contributed by atoms with Gasteiger partial charge < -0.3 is 9.67 Å². The van der Waals surface area contributed by atoms with E-state index in [-0.39, 0.29) is 5.92 Å². The van der Waals surface area contributed by atoms with Gasteiger partial charge in [0.05, 0.1) is 11.6 Å². The molecule has 4 nitrogen and oxygen atoms in total. The van der Waals surface area contributed by atoms with Crippen LogP contribution in [0.4, 0.5) is 0 Å². The van der Waals surface area contributed by atoms with Gasteiger partial charge >= 0.3 is 5.97 Å². The van der Waals surface area contributed by atoms with E-state index in [2.05, 4.69) is 4.98 Å². The highest BCUT2D eigenvalue weighted by atomic mass is 35.5. The van der Waals surface area contributed by atoms with Crippen LogP contribution in [0.2, 0.25) is 5.02 Å². The van der Waals surface area contributed by atoms with Crippen LogP contribution in [0.25, 0.3) is 0 Å². The molecule has 0 bridgehead atoms. The second-order valence-corrected chi connectivity index (χ2v) is 5.62. The lowest BCUT2D eigenvalue weighted by atomic mass is 10.00. The maximum atomic E-state index is 11.1. The zero-order valence-electron chi connectivity index (χ0n) is 10.9. The number of aromatic nitrogens is 2. The average molecular weight is 291 g/mol. The monoisotopic (exact) mass is 290 g/mol. The highest BCUT2D eigenvalue weighted by Crippen LogP contribution is 2.22. The number of carboxylic acids is 1. The minimum atomic E-state index is -0.722. The first-order valence-electron chi connectivity index (χ1n) is 6.64. The van der Waals surface area contributed by atoms with Crippen LogP contribution in [0.1, 0.15) is 23.5 Å². The minimum Gasteiger partial charge on any atom is -0.481 e. The van der Waals surface area contributed by atoms with Gasteiger partial charge in [-0.3, -0.25) is 4.79 Å². The lowest BCUT2D eigenvalue weighted by Gasteiger charge is -2.19. The first-order valence-corrected chi connectivity index (χ1v) is 7.02. The lowest BCUT2D eigenvalue weighted by Crippen LogP contribution is -2.26. The summed E-state index contributed by atoms with van der Waals surface area (Å²) in [5, 5.41) is 9.81. The number of carbonyl (C=O) groups is 1. The summed E-state index contributed by atoms with van der Waals surface area (Å²) in [5.74, 6) is -0.0315. The minimum absolute atomic E-state index is 0.296. The van der Waals surface area contributed by atoms with Gasteiger partial charge in [0.1, 0.15) is 5.82 Å². The smallest absolute Gasteiger partial charge is 0.308 e. The Morgan fingerprint density at radius 2 is 2.35 bits per heavy atom. The van der Waals surface area contributed by atoms with E-state index in [0.717, 1.165) is 34.9 Å². The molecule has 0 saturated carbocycles. The van der Waals surface area contributed by atoms with Gasteiger partial charge in [0, 0.05) is 30.6 Å². The number of hydrogen-bond acceptors (Lipinski definition) is 2. The quantitative estimate of drug-likeness (QED) is 0.946. The van der Waals surface area contributed by atoms with Crippen LogP contribution in [-0.2, 0) is 24.2 Å². The molecule has 1 aliphatic rings. The molecule has 1 N–H and O–H groups in total. The number of hydrogen-bond donors (Lipinski definition) is 1. The maximum absolute atomic E-state index is 11.1. The van der Waals surface area contributed by atoms with Crippen molar-refractivity contribution in [1.82, 2.24) is 9.55 Å². The summed E-state index contributed by atoms with van der Waals surface area (Å²) in [6, 6.07) is 7.72. The molecule has 104 valence electrons. The van der Waals surface area contributed by atoms with Crippen molar-refractivity contribution in [2.24, 2.45) is 5.92 Å². The predicted molar refractivity (Wildman–Crippen MR) is 75.9 cm³/mol. The van der Waals surface area contributed by atoms with Crippen LogP contribution < -0.4 is 0 Å². The Morgan fingerprint density at radius 3 is 3.10 bits per heavy atom. The first-order chi connectivity index (χ1) is 9.61. The zero-order valence-corrected chi connectivity index (χ0v) is 11.7. The molecule has 1 aromatic carbocycles. The summed E-state index contributed by atoms with van der Waals surface area (Å²) in [6.45, 7) is 0.521. The molecule has 0 fully saturated rings. The van der Waals surface area contributed by atoms with Gasteiger partial charge in [-0.25, -0.2) is 4.98 Å². The van der Waals surface area contributed by atoms with Crippen molar-refractivity contribution in [3.05, 3.63) is 52.6 Å². The van der Waals surface area contributed by atoms with Gasteiger partial charge in [0.15, 0.2) is 0 Å². The second kappa shape index (κ2) is 5.29. The molecule has 2 heterocycles. The van der Waals surface area contributed by atoms with Crippen molar-refractivity contribution in [3.63, 3.8) is 0 Å². The number of halogens is 1. The maximum Gasteiger partial charge on any atom is 0.308 e. The van der Waals surface area contributed by atoms with Crippen LogP contribution in [0.5, 0.6) is 0 Å². The Balaban J connectivity index is 1.79. The van der Waals surface area contributed by atoms with Gasteiger partial charge in [0.2, 0.25) is 0 Å². The Kier molecular flexibility index (Phi) is 3.49. The molecule has 1 aromatic heterocycles. The number of imidazole rings is 1. The van der Waals surface area contributed by atoms with E-state index in [1.807, 2.05) is 35.0 Å². The first kappa shape index (κ1) is 13.2. The number of fused-ring (bicyclic) bond motifs is 1. The average Bonchev–Trinajstić information content (AvgIpc) is 2.79. The molecule has 0 spiro atoms. The molecule has 2 aromatic rings.